The number of guanidine groups is 1. The van der Waals surface area contributed by atoms with Gasteiger partial charge in [0.05, 0.1) is 19.6 Å². The molecule has 0 fully saturated rings. The predicted molar refractivity (Wildman–Crippen MR) is 120 cm³/mol. The summed E-state index contributed by atoms with van der Waals surface area (Å²) in [5, 5.41) is 6.43. The Balaban J connectivity index is 0.00000338. The van der Waals surface area contributed by atoms with Crippen LogP contribution in [-0.2, 0) is 24.3 Å². The average molecular weight is 486 g/mol. The van der Waals surface area contributed by atoms with E-state index in [1.165, 1.54) is 9.75 Å². The van der Waals surface area contributed by atoms with Crippen LogP contribution in [0.25, 0.3) is 0 Å². The summed E-state index contributed by atoms with van der Waals surface area (Å²) in [6, 6.07) is 14.4. The highest BCUT2D eigenvalue weighted by atomic mass is 127. The van der Waals surface area contributed by atoms with Gasteiger partial charge in [0, 0.05) is 23.8 Å². The number of thiophene rings is 1. The third kappa shape index (κ3) is 7.74. The zero-order valence-electron chi connectivity index (χ0n) is 15.5. The minimum atomic E-state index is 0. The molecule has 0 saturated carbocycles. The molecule has 0 aliphatic carbocycles. The SMILES string of the molecule is CCc1ccc(CNC(=NCc2ccccc2)NCC(=O)N(C)C)s1.I. The highest BCUT2D eigenvalue weighted by Crippen LogP contribution is 2.16. The number of nitrogens with zero attached hydrogens (tertiary/aromatic N) is 2. The standard InChI is InChI=1S/C19H26N4OS.HI/c1-4-16-10-11-17(25-16)13-21-19(22-14-18(24)23(2)3)20-12-15-8-6-5-7-9-15;/h5-11H,4,12-14H2,1-3H3,(H2,20,21,22);1H. The van der Waals surface area contributed by atoms with E-state index in [-0.39, 0.29) is 36.4 Å². The molecule has 1 aromatic heterocycles. The van der Waals surface area contributed by atoms with Crippen molar-refractivity contribution in [2.45, 2.75) is 26.4 Å². The number of carbonyl (C=O) groups is 1. The van der Waals surface area contributed by atoms with E-state index in [2.05, 4.69) is 34.7 Å². The molecular formula is C19H27IN4OS. The molecule has 0 saturated heterocycles. The van der Waals surface area contributed by atoms with E-state index < -0.39 is 0 Å². The van der Waals surface area contributed by atoms with Gasteiger partial charge in [-0.3, -0.25) is 4.79 Å². The van der Waals surface area contributed by atoms with Crippen molar-refractivity contribution >= 4 is 47.2 Å². The van der Waals surface area contributed by atoms with Gasteiger partial charge in [-0.05, 0) is 24.1 Å². The van der Waals surface area contributed by atoms with Crippen molar-refractivity contribution in [3.8, 4) is 0 Å². The molecule has 1 heterocycles. The van der Waals surface area contributed by atoms with Crippen LogP contribution in [0.4, 0.5) is 0 Å². The zero-order valence-corrected chi connectivity index (χ0v) is 18.6. The molecular weight excluding hydrogens is 459 g/mol. The maximum Gasteiger partial charge on any atom is 0.241 e. The summed E-state index contributed by atoms with van der Waals surface area (Å²) in [5.41, 5.74) is 1.13. The second-order valence-corrected chi connectivity index (χ2v) is 7.12. The number of benzene rings is 1. The molecule has 2 N–H and O–H groups in total. The van der Waals surface area contributed by atoms with Crippen molar-refractivity contribution in [3.63, 3.8) is 0 Å². The summed E-state index contributed by atoms with van der Waals surface area (Å²) in [6.45, 7) is 3.64. The van der Waals surface area contributed by atoms with Crippen LogP contribution in [0.2, 0.25) is 0 Å². The van der Waals surface area contributed by atoms with Gasteiger partial charge in [-0.2, -0.15) is 0 Å². The summed E-state index contributed by atoms with van der Waals surface area (Å²) >= 11 is 1.80. The molecule has 0 aliphatic heterocycles. The van der Waals surface area contributed by atoms with Crippen molar-refractivity contribution in [2.24, 2.45) is 4.99 Å². The number of carbonyl (C=O) groups excluding carboxylic acids is 1. The molecule has 0 bridgehead atoms. The van der Waals surface area contributed by atoms with Crippen LogP contribution in [-0.4, -0.2) is 37.4 Å². The molecule has 1 amide bonds. The van der Waals surface area contributed by atoms with Gasteiger partial charge in [0.2, 0.25) is 5.91 Å². The fourth-order valence-electron chi connectivity index (χ4n) is 2.12. The van der Waals surface area contributed by atoms with Gasteiger partial charge >= 0.3 is 0 Å². The average Bonchev–Trinajstić information content (AvgIpc) is 3.09. The highest BCUT2D eigenvalue weighted by Gasteiger charge is 2.07. The molecule has 0 atom stereocenters. The lowest BCUT2D eigenvalue weighted by atomic mass is 10.2. The van der Waals surface area contributed by atoms with Gasteiger partial charge < -0.3 is 15.5 Å². The van der Waals surface area contributed by atoms with Crippen LogP contribution < -0.4 is 10.6 Å². The third-order valence-electron chi connectivity index (χ3n) is 3.66. The first kappa shape index (κ1) is 22.4. The Morgan fingerprint density at radius 1 is 1.08 bits per heavy atom. The summed E-state index contributed by atoms with van der Waals surface area (Å²) in [7, 11) is 3.49. The van der Waals surface area contributed by atoms with Gasteiger partial charge in [-0.25, -0.2) is 4.99 Å². The maximum absolute atomic E-state index is 11.8. The Labute approximate surface area is 176 Å². The van der Waals surface area contributed by atoms with Crippen LogP contribution in [0.1, 0.15) is 22.2 Å². The monoisotopic (exact) mass is 486 g/mol. The molecule has 7 heteroatoms. The van der Waals surface area contributed by atoms with Crippen LogP contribution in [0.15, 0.2) is 47.5 Å². The maximum atomic E-state index is 11.8. The van der Waals surface area contributed by atoms with Crippen molar-refractivity contribution in [3.05, 3.63) is 57.8 Å². The van der Waals surface area contributed by atoms with E-state index in [4.69, 9.17) is 0 Å². The molecule has 0 aliphatic rings. The van der Waals surface area contributed by atoms with Gasteiger partial charge in [0.15, 0.2) is 5.96 Å². The number of rotatable bonds is 7. The first-order valence-corrected chi connectivity index (χ1v) is 9.24. The smallest absolute Gasteiger partial charge is 0.241 e. The lowest BCUT2D eigenvalue weighted by molar-refractivity contribution is -0.127. The van der Waals surface area contributed by atoms with Crippen molar-refractivity contribution < 1.29 is 4.79 Å². The summed E-state index contributed by atoms with van der Waals surface area (Å²) in [6.07, 6.45) is 1.05. The number of aryl methyl sites for hydroxylation is 1. The van der Waals surface area contributed by atoms with Crippen LogP contribution in [0, 0.1) is 0 Å². The van der Waals surface area contributed by atoms with Crippen LogP contribution in [0.3, 0.4) is 0 Å². The number of likely N-dealkylation sites (N-methyl/N-ethyl adjacent to an activating group) is 1. The first-order chi connectivity index (χ1) is 12.1. The lowest BCUT2D eigenvalue weighted by Gasteiger charge is -2.14. The molecule has 5 nitrogen and oxygen atoms in total. The fraction of sp³-hybridized carbons (Fsp3) is 0.368. The molecule has 0 spiro atoms. The normalized spacial score (nSPS) is 10.8. The number of aliphatic imine (C=N–C) groups is 1. The van der Waals surface area contributed by atoms with Gasteiger partial charge in [-0.15, -0.1) is 35.3 Å². The zero-order chi connectivity index (χ0) is 18.1. The molecule has 26 heavy (non-hydrogen) atoms. The topological polar surface area (TPSA) is 56.7 Å². The van der Waals surface area contributed by atoms with E-state index in [1.807, 2.05) is 30.3 Å². The second kappa shape index (κ2) is 11.9. The van der Waals surface area contributed by atoms with E-state index in [1.54, 1.807) is 30.3 Å². The van der Waals surface area contributed by atoms with E-state index >= 15 is 0 Å². The highest BCUT2D eigenvalue weighted by molar-refractivity contribution is 14.0. The first-order valence-electron chi connectivity index (χ1n) is 8.42. The Morgan fingerprint density at radius 3 is 2.38 bits per heavy atom. The predicted octanol–water partition coefficient (Wildman–Crippen LogP) is 3.25. The summed E-state index contributed by atoms with van der Waals surface area (Å²) in [5.74, 6) is 0.657. The largest absolute Gasteiger partial charge is 0.351 e. The molecule has 0 unspecified atom stereocenters. The van der Waals surface area contributed by atoms with Crippen molar-refractivity contribution in [2.75, 3.05) is 20.6 Å². The van der Waals surface area contributed by atoms with Gasteiger partial charge in [0.1, 0.15) is 0 Å². The number of hydrogen-bond acceptors (Lipinski definition) is 3. The minimum absolute atomic E-state index is 0. The number of halogens is 1. The van der Waals surface area contributed by atoms with Crippen molar-refractivity contribution in [1.29, 1.82) is 0 Å². The fourth-order valence-corrected chi connectivity index (χ4v) is 3.02. The number of amides is 1. The molecule has 142 valence electrons. The molecule has 2 rings (SSSR count). The lowest BCUT2D eigenvalue weighted by Crippen LogP contribution is -2.42. The van der Waals surface area contributed by atoms with Gasteiger partial charge in [0.25, 0.3) is 0 Å². The summed E-state index contributed by atoms with van der Waals surface area (Å²) in [4.78, 5) is 20.6. The molecule has 2 aromatic rings. The summed E-state index contributed by atoms with van der Waals surface area (Å²) < 4.78 is 0. The second-order valence-electron chi connectivity index (χ2n) is 5.87. The van der Waals surface area contributed by atoms with Crippen LogP contribution >= 0.6 is 35.3 Å². The van der Waals surface area contributed by atoms with E-state index in [0.717, 1.165) is 12.0 Å². The van der Waals surface area contributed by atoms with Crippen LogP contribution in [0.5, 0.6) is 0 Å². The third-order valence-corrected chi connectivity index (χ3v) is 4.89. The van der Waals surface area contributed by atoms with Crippen molar-refractivity contribution in [1.82, 2.24) is 15.5 Å². The molecule has 1 aromatic carbocycles. The molecule has 0 radical (unpaired) electrons. The Kier molecular flexibility index (Phi) is 10.3. The minimum Gasteiger partial charge on any atom is -0.351 e. The van der Waals surface area contributed by atoms with E-state index in [9.17, 15) is 4.79 Å². The Bertz CT molecular complexity index is 701. The number of nitrogens with one attached hydrogen (secondary N) is 2. The van der Waals surface area contributed by atoms with Gasteiger partial charge in [-0.1, -0.05) is 37.3 Å². The Morgan fingerprint density at radius 2 is 1.77 bits per heavy atom. The number of hydrogen-bond donors (Lipinski definition) is 2. The van der Waals surface area contributed by atoms with E-state index in [0.29, 0.717) is 19.0 Å². The quantitative estimate of drug-likeness (QED) is 0.359. The Hall–Kier alpha value is -1.61.